The molecular weight excluding hydrogens is 502 g/mol. The van der Waals surface area contributed by atoms with Crippen LogP contribution >= 0.6 is 0 Å². The first-order valence-electron chi connectivity index (χ1n) is 7.88. The van der Waals surface area contributed by atoms with Gasteiger partial charge in [-0.25, -0.2) is 0 Å². The molecule has 0 aromatic heterocycles. The molecule has 29 heavy (non-hydrogen) atoms. The molecule has 0 radical (unpaired) electrons. The second-order valence-corrected chi connectivity index (χ2v) is 6.17. The van der Waals surface area contributed by atoms with Crippen LogP contribution in [0.15, 0.2) is 24.3 Å². The topological polar surface area (TPSA) is 0 Å². The molecule has 2 heteroatoms. The number of rotatable bonds is 4. The molecule has 0 bridgehead atoms. The molecule has 0 aliphatic rings. The van der Waals surface area contributed by atoms with Crippen molar-refractivity contribution in [2.24, 2.45) is 0 Å². The summed E-state index contributed by atoms with van der Waals surface area (Å²) in [5.74, 6) is 0. The van der Waals surface area contributed by atoms with Crippen LogP contribution in [0.5, 0.6) is 0 Å². The summed E-state index contributed by atoms with van der Waals surface area (Å²) < 4.78 is 0. The van der Waals surface area contributed by atoms with E-state index in [1.165, 1.54) is 22.3 Å². The van der Waals surface area contributed by atoms with Crippen molar-refractivity contribution in [3.8, 4) is 0 Å². The first-order valence-corrected chi connectivity index (χ1v) is 7.88. The Kier molecular flexibility index (Phi) is 24.9. The van der Waals surface area contributed by atoms with Crippen molar-refractivity contribution in [2.45, 2.75) is 34.1 Å². The monoisotopic (exact) mass is 538 g/mol. The number of aryl methyl sites for hydroxylation is 4. The molecule has 0 heterocycles. The van der Waals surface area contributed by atoms with E-state index in [1.807, 2.05) is 12.2 Å². The summed E-state index contributed by atoms with van der Waals surface area (Å²) in [4.78, 5) is 0. The fourth-order valence-electron chi connectivity index (χ4n) is 2.70. The van der Waals surface area contributed by atoms with E-state index in [4.69, 9.17) is 0 Å². The summed E-state index contributed by atoms with van der Waals surface area (Å²) in [6, 6.07) is 8.59. The van der Waals surface area contributed by atoms with Gasteiger partial charge in [0.25, 0.3) is 0 Å². The quantitative estimate of drug-likeness (QED) is 0.349. The van der Waals surface area contributed by atoms with Gasteiger partial charge in [-0.05, 0) is 25.0 Å². The predicted octanol–water partition coefficient (Wildman–Crippen LogP) is 7.80. The summed E-state index contributed by atoms with van der Waals surface area (Å²) in [5.41, 5.74) is 9.34. The molecule has 0 aliphatic carbocycles. The van der Waals surface area contributed by atoms with Gasteiger partial charge in [0, 0.05) is 12.1 Å². The molecule has 0 unspecified atom stereocenters. The van der Waals surface area contributed by atoms with Crippen LogP contribution < -0.4 is 0 Å². The van der Waals surface area contributed by atoms with Crippen molar-refractivity contribution >= 4 is 12.2 Å². The van der Waals surface area contributed by atoms with E-state index >= 15 is 0 Å². The fourth-order valence-corrected chi connectivity index (χ4v) is 2.70. The first-order chi connectivity index (χ1) is 10.9. The average Bonchev–Trinajstić information content (AvgIpc) is 2.48. The first kappa shape index (κ1) is 39.2. The van der Waals surface area contributed by atoms with Gasteiger partial charge < -0.3 is 29.7 Å². The van der Waals surface area contributed by atoms with Crippen LogP contribution in [0.3, 0.4) is 0 Å². The number of hydrogen-bond acceptors (Lipinski definition) is 0. The Balaban J connectivity index is -0.000000320. The van der Waals surface area contributed by atoms with Crippen molar-refractivity contribution in [1.29, 1.82) is 0 Å². The normalized spacial score (nSPS) is 8.69. The van der Waals surface area contributed by atoms with Crippen LogP contribution in [0.4, 0.5) is 0 Å². The van der Waals surface area contributed by atoms with Crippen LogP contribution in [0.1, 0.15) is 50.9 Å². The molecule has 0 nitrogen and oxygen atoms in total. The van der Waals surface area contributed by atoms with Gasteiger partial charge in [0.05, 0.1) is 11.6 Å². The summed E-state index contributed by atoms with van der Waals surface area (Å²) >= 11 is 0. The van der Waals surface area contributed by atoms with Crippen molar-refractivity contribution in [1.82, 2.24) is 0 Å². The second-order valence-electron chi connectivity index (χ2n) is 6.17. The average molecular weight is 538 g/mol. The molecule has 0 amide bonds. The maximum absolute atomic E-state index is 4.13. The predicted molar refractivity (Wildman–Crippen MR) is 126 cm³/mol. The molecule has 2 aromatic rings. The van der Waals surface area contributed by atoms with Crippen molar-refractivity contribution in [2.75, 3.05) is 0 Å². The van der Waals surface area contributed by atoms with Crippen molar-refractivity contribution in [3.63, 3.8) is 0 Å². The summed E-state index contributed by atoms with van der Waals surface area (Å²) in [5, 5.41) is 0. The molecule has 148 valence electrons. The molecule has 0 spiro atoms. The Bertz CT molecular complexity index is 703. The Morgan fingerprint density at radius 2 is 0.966 bits per heavy atom. The van der Waals surface area contributed by atoms with Crippen LogP contribution in [0.25, 0.3) is 12.2 Å². The van der Waals surface area contributed by atoms with Gasteiger partial charge in [0.2, 0.25) is 6.42 Å². The van der Waals surface area contributed by atoms with Gasteiger partial charge in [-0.3, -0.25) is 0 Å². The number of allylic oxidation sites excluding steroid dienone is 2. The second kappa shape index (κ2) is 18.5. The Morgan fingerprint density at radius 1 is 0.655 bits per heavy atom. The molecule has 0 saturated carbocycles. The van der Waals surface area contributed by atoms with E-state index in [0.717, 1.165) is 22.3 Å². The number of hydrogen-bond donors (Lipinski definition) is 0. The van der Waals surface area contributed by atoms with E-state index in [0.29, 0.717) is 6.42 Å². The van der Waals surface area contributed by atoms with Gasteiger partial charge in [0.15, 0.2) is 6.08 Å². The van der Waals surface area contributed by atoms with Crippen LogP contribution in [-0.4, -0.2) is 0 Å². The van der Waals surface area contributed by atoms with Gasteiger partial charge in [-0.1, -0.05) is 25.0 Å². The molecular formula is C27H36Y2+2. The summed E-state index contributed by atoms with van der Waals surface area (Å²) in [6.45, 7) is 16.7. The fraction of sp³-hybridized carbons (Fsp3) is 0.185. The molecule has 2 aromatic carbocycles. The zero-order valence-corrected chi connectivity index (χ0v) is 25.4. The maximum Gasteiger partial charge on any atom is 3.00 e. The third kappa shape index (κ3) is 11.6. The maximum atomic E-state index is 4.13. The third-order valence-corrected chi connectivity index (χ3v) is 4.02. The van der Waals surface area contributed by atoms with E-state index in [9.17, 15) is 0 Å². The molecule has 0 aliphatic heterocycles. The standard InChI is InChI=1S/C23H24.4CH3.2Y/c1-16-12-18(3)20(5)22(14-16)10-8-7-9-11-23-15-17(2)13-19(4)21(23)6;;;;;;/h10-15H,5-7H2,1-4H3;4*1H3;;/q;4*-1;2*+3. The molecule has 0 fully saturated rings. The van der Waals surface area contributed by atoms with Gasteiger partial charge in [0.1, 0.15) is 6.08 Å². The molecule has 2 rings (SSSR count). The molecule has 0 atom stereocenters. The molecule has 0 N–H and O–H groups in total. The van der Waals surface area contributed by atoms with E-state index in [-0.39, 0.29) is 95.1 Å². The van der Waals surface area contributed by atoms with Gasteiger partial charge in [-0.15, -0.1) is 23.8 Å². The summed E-state index contributed by atoms with van der Waals surface area (Å²) in [6.07, 6.45) is 11.2. The Labute approximate surface area is 233 Å². The van der Waals surface area contributed by atoms with Gasteiger partial charge >= 0.3 is 65.4 Å². The van der Waals surface area contributed by atoms with Crippen LogP contribution in [0, 0.1) is 83.4 Å². The van der Waals surface area contributed by atoms with E-state index < -0.39 is 0 Å². The smallest absolute Gasteiger partial charge is 0.358 e. The summed E-state index contributed by atoms with van der Waals surface area (Å²) in [7, 11) is 0. The van der Waals surface area contributed by atoms with Crippen LogP contribution in [0.2, 0.25) is 0 Å². The Hall–Kier alpha value is -0.312. The zero-order chi connectivity index (χ0) is 17.0. The Morgan fingerprint density at radius 3 is 1.28 bits per heavy atom. The third-order valence-electron chi connectivity index (χ3n) is 4.02. The minimum Gasteiger partial charge on any atom is -0.358 e. The van der Waals surface area contributed by atoms with E-state index in [2.05, 4.69) is 78.0 Å². The van der Waals surface area contributed by atoms with E-state index in [1.54, 1.807) is 0 Å². The zero-order valence-electron chi connectivity index (χ0n) is 19.7. The SMILES string of the molecule is [CH2-]c1c(C)cc(C)cc1C=[C+]C[C+]=Cc1cc(C)cc(C)c1[CH2-].[CH3-].[CH3-].[CH3-].[CH3-].[Y+3].[Y+3]. The van der Waals surface area contributed by atoms with Crippen LogP contribution in [-0.2, 0) is 65.4 Å². The van der Waals surface area contributed by atoms with Crippen molar-refractivity contribution in [3.05, 3.63) is 124 Å². The van der Waals surface area contributed by atoms with Crippen molar-refractivity contribution < 1.29 is 65.4 Å². The number of benzene rings is 2. The molecule has 0 saturated heterocycles. The largest absolute Gasteiger partial charge is 3.00 e. The van der Waals surface area contributed by atoms with Gasteiger partial charge in [-0.2, -0.15) is 25.0 Å². The minimum atomic E-state index is 0. The minimum absolute atomic E-state index is 0.